The van der Waals surface area contributed by atoms with Crippen molar-refractivity contribution < 1.29 is 9.53 Å². The van der Waals surface area contributed by atoms with Crippen molar-refractivity contribution in [1.29, 1.82) is 5.26 Å². The van der Waals surface area contributed by atoms with Crippen LogP contribution in [0.15, 0.2) is 84.1 Å². The quantitative estimate of drug-likeness (QED) is 0.281. The minimum Gasteiger partial charge on any atom is -0.497 e. The highest BCUT2D eigenvalue weighted by atomic mass is 32.2. The van der Waals surface area contributed by atoms with Crippen LogP contribution < -0.4 is 10.1 Å². The number of aryl methyl sites for hydroxylation is 1. The second-order valence-corrected chi connectivity index (χ2v) is 9.38. The number of hydrogen-bond acceptors (Lipinski definition) is 6. The average molecular weight is 495 g/mol. The van der Waals surface area contributed by atoms with Gasteiger partial charge in [0.25, 0.3) is 0 Å². The lowest BCUT2D eigenvalue weighted by atomic mass is 9.98. The van der Waals surface area contributed by atoms with Crippen molar-refractivity contribution in [1.82, 2.24) is 9.97 Å². The summed E-state index contributed by atoms with van der Waals surface area (Å²) in [4.78, 5) is 22.0. The topological polar surface area (TPSA) is 87.9 Å². The van der Waals surface area contributed by atoms with Crippen molar-refractivity contribution in [3.8, 4) is 34.2 Å². The molecule has 4 rings (SSSR count). The number of amides is 1. The number of aromatic nitrogens is 2. The zero-order chi connectivity index (χ0) is 25.5. The lowest BCUT2D eigenvalue weighted by molar-refractivity contribution is -0.115. The van der Waals surface area contributed by atoms with Gasteiger partial charge in [0.2, 0.25) is 5.91 Å². The van der Waals surface area contributed by atoms with Gasteiger partial charge in [-0.2, -0.15) is 5.26 Å². The maximum Gasteiger partial charge on any atom is 0.237 e. The molecule has 0 aliphatic heterocycles. The highest BCUT2D eigenvalue weighted by molar-refractivity contribution is 8.00. The van der Waals surface area contributed by atoms with Gasteiger partial charge >= 0.3 is 0 Å². The van der Waals surface area contributed by atoms with Gasteiger partial charge in [-0.15, -0.1) is 0 Å². The summed E-state index contributed by atoms with van der Waals surface area (Å²) in [5.74, 6) is 0.590. The average Bonchev–Trinajstić information content (AvgIpc) is 2.92. The van der Waals surface area contributed by atoms with Crippen molar-refractivity contribution in [3.63, 3.8) is 0 Å². The summed E-state index contributed by atoms with van der Waals surface area (Å²) in [6, 6.07) is 23.5. The first-order valence-electron chi connectivity index (χ1n) is 11.6. The van der Waals surface area contributed by atoms with Crippen molar-refractivity contribution >= 4 is 23.4 Å². The molecule has 0 aliphatic carbocycles. The predicted octanol–water partition coefficient (Wildman–Crippen LogP) is 6.51. The number of carbonyl (C=O) groups excluding carboxylic acids is 1. The number of nitriles is 1. The summed E-state index contributed by atoms with van der Waals surface area (Å²) >= 11 is 1.30. The fourth-order valence-electron chi connectivity index (χ4n) is 3.70. The number of carbonyl (C=O) groups is 1. The number of hydrogen-bond donors (Lipinski definition) is 1. The van der Waals surface area contributed by atoms with Crippen LogP contribution in [0.3, 0.4) is 0 Å². The highest BCUT2D eigenvalue weighted by Crippen LogP contribution is 2.37. The highest BCUT2D eigenvalue weighted by Gasteiger charge is 2.23. The lowest BCUT2D eigenvalue weighted by Gasteiger charge is -2.17. The molecule has 2 aromatic heterocycles. The molecule has 1 amide bonds. The minimum atomic E-state index is -0.443. The van der Waals surface area contributed by atoms with E-state index in [-0.39, 0.29) is 5.91 Å². The van der Waals surface area contributed by atoms with Crippen molar-refractivity contribution in [2.24, 2.45) is 0 Å². The number of pyridine rings is 2. The van der Waals surface area contributed by atoms with Gasteiger partial charge in [-0.1, -0.05) is 48.5 Å². The molecule has 0 bridgehead atoms. The minimum absolute atomic E-state index is 0.159. The second kappa shape index (κ2) is 11.5. The fourth-order valence-corrected chi connectivity index (χ4v) is 4.73. The molecule has 0 aliphatic rings. The van der Waals surface area contributed by atoms with Crippen LogP contribution in [0.4, 0.5) is 5.69 Å². The van der Waals surface area contributed by atoms with Crippen LogP contribution in [-0.4, -0.2) is 28.2 Å². The van der Waals surface area contributed by atoms with Crippen LogP contribution in [0.5, 0.6) is 5.75 Å². The van der Waals surface area contributed by atoms with E-state index >= 15 is 0 Å². The number of benzene rings is 2. The molecule has 0 saturated carbocycles. The molecule has 36 heavy (non-hydrogen) atoms. The van der Waals surface area contributed by atoms with E-state index < -0.39 is 5.25 Å². The van der Waals surface area contributed by atoms with Gasteiger partial charge < -0.3 is 10.1 Å². The molecule has 0 fully saturated rings. The van der Waals surface area contributed by atoms with Gasteiger partial charge in [-0.05, 0) is 61.4 Å². The first-order chi connectivity index (χ1) is 17.5. The third kappa shape index (κ3) is 5.73. The van der Waals surface area contributed by atoms with E-state index in [1.165, 1.54) is 11.8 Å². The standard InChI is InChI=1S/C29H26N4O2S/c1-4-27(28(34)32-22-6-5-15-31-18-22)36-29-25(17-30)24(20-9-7-19(2)8-10-20)16-26(33-29)21-11-13-23(35-3)14-12-21/h5-16,18,27H,4H2,1-3H3,(H,32,34). The number of nitrogens with zero attached hydrogens (tertiary/aromatic N) is 3. The Labute approximate surface area is 215 Å². The summed E-state index contributed by atoms with van der Waals surface area (Å²) in [6.07, 6.45) is 3.83. The summed E-state index contributed by atoms with van der Waals surface area (Å²) < 4.78 is 5.30. The summed E-state index contributed by atoms with van der Waals surface area (Å²) in [5.41, 5.74) is 5.53. The molecular formula is C29H26N4O2S. The van der Waals surface area contributed by atoms with Gasteiger partial charge in [0.05, 0.1) is 35.5 Å². The Bertz CT molecular complexity index is 1380. The Morgan fingerprint density at radius 3 is 2.44 bits per heavy atom. The zero-order valence-corrected chi connectivity index (χ0v) is 21.2. The van der Waals surface area contributed by atoms with Crippen molar-refractivity contribution in [2.75, 3.05) is 12.4 Å². The molecule has 2 aromatic carbocycles. The van der Waals surface area contributed by atoms with Crippen LogP contribution in [0, 0.1) is 18.3 Å². The van der Waals surface area contributed by atoms with E-state index in [0.29, 0.717) is 22.7 Å². The lowest BCUT2D eigenvalue weighted by Crippen LogP contribution is -2.25. The number of methoxy groups -OCH3 is 1. The van der Waals surface area contributed by atoms with E-state index in [9.17, 15) is 10.1 Å². The Balaban J connectivity index is 1.77. The second-order valence-electron chi connectivity index (χ2n) is 8.19. The van der Waals surface area contributed by atoms with Gasteiger partial charge in [0.15, 0.2) is 0 Å². The third-order valence-corrected chi connectivity index (χ3v) is 7.04. The van der Waals surface area contributed by atoms with Crippen LogP contribution in [0.25, 0.3) is 22.4 Å². The van der Waals surface area contributed by atoms with E-state index in [0.717, 1.165) is 33.7 Å². The summed E-state index contributed by atoms with van der Waals surface area (Å²) in [7, 11) is 1.63. The first kappa shape index (κ1) is 25.0. The van der Waals surface area contributed by atoms with E-state index in [2.05, 4.69) is 16.4 Å². The number of rotatable bonds is 8. The number of nitrogens with one attached hydrogen (secondary N) is 1. The third-order valence-electron chi connectivity index (χ3n) is 5.69. The molecule has 0 spiro atoms. The molecule has 0 radical (unpaired) electrons. The number of ether oxygens (including phenoxy) is 1. The van der Waals surface area contributed by atoms with Crippen LogP contribution in [0.2, 0.25) is 0 Å². The van der Waals surface area contributed by atoms with E-state index in [1.54, 1.807) is 31.6 Å². The van der Waals surface area contributed by atoms with Crippen molar-refractivity contribution in [2.45, 2.75) is 30.5 Å². The maximum absolute atomic E-state index is 13.1. The van der Waals surface area contributed by atoms with Gasteiger partial charge in [-0.25, -0.2) is 4.98 Å². The Kier molecular flexibility index (Phi) is 7.99. The number of thioether (sulfide) groups is 1. The largest absolute Gasteiger partial charge is 0.497 e. The van der Waals surface area contributed by atoms with Crippen LogP contribution in [-0.2, 0) is 4.79 Å². The summed E-state index contributed by atoms with van der Waals surface area (Å²) in [6.45, 7) is 3.97. The molecule has 1 atom stereocenters. The SMILES string of the molecule is CCC(Sc1nc(-c2ccc(OC)cc2)cc(-c2ccc(C)cc2)c1C#N)C(=O)Nc1cccnc1. The smallest absolute Gasteiger partial charge is 0.237 e. The van der Waals surface area contributed by atoms with Crippen LogP contribution in [0.1, 0.15) is 24.5 Å². The van der Waals surface area contributed by atoms with Crippen LogP contribution >= 0.6 is 11.8 Å². The Morgan fingerprint density at radius 1 is 1.11 bits per heavy atom. The molecular weight excluding hydrogens is 468 g/mol. The normalized spacial score (nSPS) is 11.4. The molecule has 2 heterocycles. The molecule has 7 heteroatoms. The van der Waals surface area contributed by atoms with E-state index in [4.69, 9.17) is 9.72 Å². The number of anilines is 1. The van der Waals surface area contributed by atoms with Gasteiger partial charge in [0.1, 0.15) is 16.8 Å². The molecule has 1 unspecified atom stereocenters. The van der Waals surface area contributed by atoms with Gasteiger partial charge in [-0.3, -0.25) is 9.78 Å². The predicted molar refractivity (Wildman–Crippen MR) is 144 cm³/mol. The molecule has 180 valence electrons. The first-order valence-corrected chi connectivity index (χ1v) is 12.4. The molecule has 1 N–H and O–H groups in total. The van der Waals surface area contributed by atoms with Crippen molar-refractivity contribution in [3.05, 3.63) is 90.3 Å². The maximum atomic E-state index is 13.1. The molecule has 0 saturated heterocycles. The van der Waals surface area contributed by atoms with Gasteiger partial charge in [0, 0.05) is 17.3 Å². The Hall–Kier alpha value is -4.15. The van der Waals surface area contributed by atoms with E-state index in [1.807, 2.05) is 68.4 Å². The molecule has 4 aromatic rings. The molecule has 6 nitrogen and oxygen atoms in total. The Morgan fingerprint density at radius 2 is 1.83 bits per heavy atom. The monoisotopic (exact) mass is 494 g/mol. The fraction of sp³-hybridized carbons (Fsp3) is 0.172. The summed E-state index contributed by atoms with van der Waals surface area (Å²) in [5, 5.41) is 13.2. The zero-order valence-electron chi connectivity index (χ0n) is 20.4.